The molecular formula is C28H32FN5O5. The Morgan fingerprint density at radius 1 is 1.13 bits per heavy atom. The molecule has 1 aromatic heterocycles. The van der Waals surface area contributed by atoms with E-state index in [-0.39, 0.29) is 28.9 Å². The van der Waals surface area contributed by atoms with Crippen molar-refractivity contribution < 1.29 is 23.6 Å². The van der Waals surface area contributed by atoms with Crippen molar-refractivity contribution in [2.75, 3.05) is 18.4 Å². The number of hydrogen-bond acceptors (Lipinski definition) is 6. The third-order valence-corrected chi connectivity index (χ3v) is 6.57. The molecule has 1 saturated heterocycles. The highest BCUT2D eigenvalue weighted by atomic mass is 19.1. The van der Waals surface area contributed by atoms with Crippen LogP contribution in [0, 0.1) is 29.8 Å². The number of anilines is 1. The number of nitro groups is 1. The SMILES string of the molecule is Cc1ccc(-n2ncc(C(=O)Nc3cc([N+](=O)[O-])ccc3F)c2C2CCN(C(=O)OC(C)(C)C)CC2)c(C)c1. The van der Waals surface area contributed by atoms with Crippen LogP contribution in [0.2, 0.25) is 0 Å². The molecule has 0 saturated carbocycles. The summed E-state index contributed by atoms with van der Waals surface area (Å²) >= 11 is 0. The molecule has 0 aliphatic carbocycles. The number of benzene rings is 2. The zero-order valence-corrected chi connectivity index (χ0v) is 22.7. The Morgan fingerprint density at radius 2 is 1.82 bits per heavy atom. The number of amides is 2. The number of nitrogens with one attached hydrogen (secondary N) is 1. The normalized spacial score (nSPS) is 14.3. The number of halogens is 1. The second-order valence-electron chi connectivity index (χ2n) is 10.8. The van der Waals surface area contributed by atoms with Crippen LogP contribution in [0.25, 0.3) is 5.69 Å². The second kappa shape index (κ2) is 10.8. The standard InChI is InChI=1S/C28H32FN5O5/c1-17-6-9-24(18(2)14-17)33-25(19-10-12-32(13-11-19)27(36)39-28(3,4)5)21(16-30-33)26(35)31-23-15-20(34(37)38)7-8-22(23)29/h6-9,14-16,19H,10-13H2,1-5H3,(H,31,35). The fraction of sp³-hybridized carbons (Fsp3) is 0.393. The minimum atomic E-state index is -0.789. The number of ether oxygens (including phenoxy) is 1. The first kappa shape index (κ1) is 27.7. The van der Waals surface area contributed by atoms with Gasteiger partial charge in [0.1, 0.15) is 11.4 Å². The van der Waals surface area contributed by atoms with E-state index in [4.69, 9.17) is 4.74 Å². The van der Waals surface area contributed by atoms with Gasteiger partial charge in [-0.25, -0.2) is 13.9 Å². The molecule has 206 valence electrons. The first-order valence-corrected chi connectivity index (χ1v) is 12.7. The number of carbonyl (C=O) groups excluding carboxylic acids is 2. The summed E-state index contributed by atoms with van der Waals surface area (Å²) in [6, 6.07) is 8.87. The van der Waals surface area contributed by atoms with Gasteiger partial charge in [0.15, 0.2) is 0 Å². The number of non-ortho nitro benzene ring substituents is 1. The van der Waals surface area contributed by atoms with Crippen LogP contribution in [0.15, 0.2) is 42.6 Å². The molecule has 10 nitrogen and oxygen atoms in total. The summed E-state index contributed by atoms with van der Waals surface area (Å²) in [6.07, 6.45) is 2.16. The van der Waals surface area contributed by atoms with E-state index in [1.807, 2.05) is 52.8 Å². The molecule has 2 heterocycles. The highest BCUT2D eigenvalue weighted by molar-refractivity contribution is 6.05. The Morgan fingerprint density at radius 3 is 2.44 bits per heavy atom. The van der Waals surface area contributed by atoms with Gasteiger partial charge in [-0.15, -0.1) is 0 Å². The molecule has 1 fully saturated rings. The summed E-state index contributed by atoms with van der Waals surface area (Å²) in [5, 5.41) is 18.2. The van der Waals surface area contributed by atoms with Gasteiger partial charge in [0.2, 0.25) is 0 Å². The quantitative estimate of drug-likeness (QED) is 0.319. The molecular weight excluding hydrogens is 505 g/mol. The number of aryl methyl sites for hydroxylation is 2. The minimum absolute atomic E-state index is 0.136. The minimum Gasteiger partial charge on any atom is -0.444 e. The molecule has 2 amide bonds. The molecule has 0 radical (unpaired) electrons. The van der Waals surface area contributed by atoms with Crippen LogP contribution >= 0.6 is 0 Å². The third-order valence-electron chi connectivity index (χ3n) is 6.57. The summed E-state index contributed by atoms with van der Waals surface area (Å²) in [5.74, 6) is -1.56. The van der Waals surface area contributed by atoms with Gasteiger partial charge >= 0.3 is 6.09 Å². The lowest BCUT2D eigenvalue weighted by Crippen LogP contribution is -2.41. The van der Waals surface area contributed by atoms with Crippen LogP contribution in [0.1, 0.15) is 66.7 Å². The largest absolute Gasteiger partial charge is 0.444 e. The fourth-order valence-corrected chi connectivity index (χ4v) is 4.73. The number of carbonyl (C=O) groups is 2. The number of nitro benzene ring substituents is 1. The first-order valence-electron chi connectivity index (χ1n) is 12.7. The van der Waals surface area contributed by atoms with Gasteiger partial charge in [0, 0.05) is 31.1 Å². The van der Waals surface area contributed by atoms with E-state index in [1.165, 1.54) is 6.20 Å². The highest BCUT2D eigenvalue weighted by Gasteiger charge is 2.32. The zero-order chi connectivity index (χ0) is 28.5. The summed E-state index contributed by atoms with van der Waals surface area (Å²) in [7, 11) is 0. The van der Waals surface area contributed by atoms with Crippen LogP contribution in [0.3, 0.4) is 0 Å². The highest BCUT2D eigenvalue weighted by Crippen LogP contribution is 2.34. The number of piperidine rings is 1. The molecule has 39 heavy (non-hydrogen) atoms. The van der Waals surface area contributed by atoms with E-state index in [2.05, 4.69) is 10.4 Å². The summed E-state index contributed by atoms with van der Waals surface area (Å²) in [6.45, 7) is 10.2. The van der Waals surface area contributed by atoms with E-state index < -0.39 is 22.2 Å². The van der Waals surface area contributed by atoms with Crippen molar-refractivity contribution in [3.63, 3.8) is 0 Å². The molecule has 4 rings (SSSR count). The Kier molecular flexibility index (Phi) is 7.71. The Hall–Kier alpha value is -4.28. The average molecular weight is 538 g/mol. The van der Waals surface area contributed by atoms with Gasteiger partial charge in [-0.1, -0.05) is 17.7 Å². The molecule has 11 heteroatoms. The van der Waals surface area contributed by atoms with Gasteiger partial charge in [0.25, 0.3) is 11.6 Å². The van der Waals surface area contributed by atoms with Crippen molar-refractivity contribution in [3.05, 3.63) is 80.9 Å². The maximum absolute atomic E-state index is 14.5. The van der Waals surface area contributed by atoms with E-state index >= 15 is 0 Å². The van der Waals surface area contributed by atoms with Crippen molar-refractivity contribution >= 4 is 23.4 Å². The molecule has 1 aliphatic rings. The zero-order valence-electron chi connectivity index (χ0n) is 22.7. The number of rotatable bonds is 5. The van der Waals surface area contributed by atoms with Crippen LogP contribution in [0.4, 0.5) is 20.6 Å². The molecule has 0 bridgehead atoms. The summed E-state index contributed by atoms with van der Waals surface area (Å²) < 4.78 is 21.7. The molecule has 1 N–H and O–H groups in total. The second-order valence-corrected chi connectivity index (χ2v) is 10.8. The van der Waals surface area contributed by atoms with Crippen molar-refractivity contribution in [2.45, 2.75) is 59.0 Å². The van der Waals surface area contributed by atoms with Gasteiger partial charge in [-0.3, -0.25) is 14.9 Å². The van der Waals surface area contributed by atoms with Gasteiger partial charge in [-0.05, 0) is 65.2 Å². The van der Waals surface area contributed by atoms with E-state index in [0.29, 0.717) is 31.6 Å². The van der Waals surface area contributed by atoms with Crippen LogP contribution in [-0.4, -0.2) is 50.3 Å². The van der Waals surface area contributed by atoms with Crippen LogP contribution in [0.5, 0.6) is 0 Å². The molecule has 0 atom stereocenters. The lowest BCUT2D eigenvalue weighted by molar-refractivity contribution is -0.384. The molecule has 0 spiro atoms. The van der Waals surface area contributed by atoms with Gasteiger partial charge in [-0.2, -0.15) is 5.10 Å². The van der Waals surface area contributed by atoms with Gasteiger partial charge in [0.05, 0.1) is 33.8 Å². The fourth-order valence-electron chi connectivity index (χ4n) is 4.73. The monoisotopic (exact) mass is 537 g/mol. The topological polar surface area (TPSA) is 120 Å². The Bertz CT molecular complexity index is 1420. The van der Waals surface area contributed by atoms with Crippen molar-refractivity contribution in [2.24, 2.45) is 0 Å². The third kappa shape index (κ3) is 6.24. The van der Waals surface area contributed by atoms with Crippen molar-refractivity contribution in [1.29, 1.82) is 0 Å². The van der Waals surface area contributed by atoms with E-state index in [0.717, 1.165) is 35.0 Å². The lowest BCUT2D eigenvalue weighted by atomic mass is 9.90. The number of nitrogens with zero attached hydrogens (tertiary/aromatic N) is 4. The van der Waals surface area contributed by atoms with Gasteiger partial charge < -0.3 is 15.0 Å². The first-order chi connectivity index (χ1) is 18.3. The predicted octanol–water partition coefficient (Wildman–Crippen LogP) is 5.90. The molecule has 1 aliphatic heterocycles. The molecule has 2 aromatic carbocycles. The number of likely N-dealkylation sites (tertiary alicyclic amines) is 1. The van der Waals surface area contributed by atoms with E-state index in [9.17, 15) is 24.1 Å². The maximum Gasteiger partial charge on any atom is 0.410 e. The smallest absolute Gasteiger partial charge is 0.410 e. The lowest BCUT2D eigenvalue weighted by Gasteiger charge is -2.34. The predicted molar refractivity (Wildman–Crippen MR) is 144 cm³/mol. The number of hydrogen-bond donors (Lipinski definition) is 1. The Balaban J connectivity index is 1.67. The Labute approximate surface area is 225 Å². The molecule has 0 unspecified atom stereocenters. The van der Waals surface area contributed by atoms with Crippen LogP contribution < -0.4 is 5.32 Å². The summed E-state index contributed by atoms with van der Waals surface area (Å²) in [5.41, 5.74) is 2.46. The van der Waals surface area contributed by atoms with Crippen molar-refractivity contribution in [3.8, 4) is 5.69 Å². The summed E-state index contributed by atoms with van der Waals surface area (Å²) in [4.78, 5) is 38.2. The molecule has 3 aromatic rings. The van der Waals surface area contributed by atoms with E-state index in [1.54, 1.807) is 9.58 Å². The number of aromatic nitrogens is 2. The van der Waals surface area contributed by atoms with Crippen LogP contribution in [-0.2, 0) is 4.74 Å². The van der Waals surface area contributed by atoms with Crippen molar-refractivity contribution in [1.82, 2.24) is 14.7 Å². The average Bonchev–Trinajstić information content (AvgIpc) is 3.29. The maximum atomic E-state index is 14.5.